The molecule has 1 fully saturated rings. The molecule has 25 heavy (non-hydrogen) atoms. The molecule has 0 spiro atoms. The highest BCUT2D eigenvalue weighted by molar-refractivity contribution is 5.95. The fourth-order valence-corrected chi connectivity index (χ4v) is 3.22. The molecule has 1 aliphatic rings. The molecule has 7 nitrogen and oxygen atoms in total. The Hall–Kier alpha value is -2.57. The molecular weight excluding hydrogens is 322 g/mol. The topological polar surface area (TPSA) is 88.6 Å². The van der Waals surface area contributed by atoms with Crippen molar-refractivity contribution in [2.75, 3.05) is 6.54 Å². The molecule has 0 saturated carbocycles. The minimum absolute atomic E-state index is 0.151. The van der Waals surface area contributed by atoms with Gasteiger partial charge < -0.3 is 19.2 Å². The number of aryl methyl sites for hydroxylation is 2. The molecule has 0 aromatic carbocycles. The molecule has 3 heterocycles. The Morgan fingerprint density at radius 2 is 2.24 bits per heavy atom. The van der Waals surface area contributed by atoms with E-state index in [1.807, 2.05) is 13.8 Å². The van der Waals surface area contributed by atoms with E-state index < -0.39 is 6.04 Å². The van der Waals surface area contributed by atoms with Gasteiger partial charge in [0.1, 0.15) is 11.8 Å². The Balaban J connectivity index is 1.68. The van der Waals surface area contributed by atoms with Crippen LogP contribution < -0.4 is 5.32 Å². The van der Waals surface area contributed by atoms with Crippen LogP contribution >= 0.6 is 0 Å². The Morgan fingerprint density at radius 1 is 1.40 bits per heavy atom. The number of hydrogen-bond donors (Lipinski definition) is 1. The van der Waals surface area contributed by atoms with E-state index in [2.05, 4.69) is 10.5 Å². The number of amides is 2. The van der Waals surface area contributed by atoms with Gasteiger partial charge in [0.25, 0.3) is 5.91 Å². The Labute approximate surface area is 146 Å². The number of hydrogen-bond acceptors (Lipinski definition) is 5. The molecule has 1 aliphatic heterocycles. The van der Waals surface area contributed by atoms with Crippen molar-refractivity contribution < 1.29 is 18.5 Å². The van der Waals surface area contributed by atoms with E-state index in [4.69, 9.17) is 8.94 Å². The third-order valence-corrected chi connectivity index (χ3v) is 4.62. The van der Waals surface area contributed by atoms with Gasteiger partial charge >= 0.3 is 0 Å². The Morgan fingerprint density at radius 3 is 2.96 bits per heavy atom. The van der Waals surface area contributed by atoms with Gasteiger partial charge in [-0.1, -0.05) is 12.1 Å². The van der Waals surface area contributed by atoms with Crippen LogP contribution in [0, 0.1) is 6.92 Å². The fourth-order valence-electron chi connectivity index (χ4n) is 3.22. The summed E-state index contributed by atoms with van der Waals surface area (Å²) in [4.78, 5) is 26.9. The van der Waals surface area contributed by atoms with Crippen molar-refractivity contribution in [1.82, 2.24) is 15.4 Å². The Bertz CT molecular complexity index is 736. The molecule has 3 rings (SSSR count). The molecule has 1 saturated heterocycles. The van der Waals surface area contributed by atoms with Gasteiger partial charge in [0.05, 0.1) is 12.0 Å². The summed E-state index contributed by atoms with van der Waals surface area (Å²) in [7, 11) is 0. The first kappa shape index (κ1) is 17.3. The Kier molecular flexibility index (Phi) is 5.21. The molecule has 2 aromatic heterocycles. The molecular formula is C18H23N3O4. The molecule has 0 radical (unpaired) electrons. The standard InChI is InChI=1S/C18H23N3O4/c1-3-15-13(12(2)20-25-15)11-19-17(22)14-7-4-5-9-21(14)18(23)16-8-6-10-24-16/h6,8,10,14H,3-5,7,9,11H2,1-2H3,(H,19,22). The summed E-state index contributed by atoms with van der Waals surface area (Å²) in [6, 6.07) is 2.82. The third-order valence-electron chi connectivity index (χ3n) is 4.62. The van der Waals surface area contributed by atoms with E-state index in [1.165, 1.54) is 6.26 Å². The average molecular weight is 345 g/mol. The lowest BCUT2D eigenvalue weighted by Crippen LogP contribution is -2.51. The first-order chi connectivity index (χ1) is 12.1. The van der Waals surface area contributed by atoms with Gasteiger partial charge in [0, 0.05) is 25.1 Å². The maximum atomic E-state index is 12.7. The summed E-state index contributed by atoms with van der Waals surface area (Å²) in [5.41, 5.74) is 1.69. The molecule has 1 N–H and O–H groups in total. The first-order valence-electron chi connectivity index (χ1n) is 8.68. The monoisotopic (exact) mass is 345 g/mol. The van der Waals surface area contributed by atoms with Gasteiger partial charge in [0.2, 0.25) is 5.91 Å². The van der Waals surface area contributed by atoms with E-state index in [1.54, 1.807) is 17.0 Å². The number of rotatable bonds is 5. The van der Waals surface area contributed by atoms with Gasteiger partial charge in [-0.05, 0) is 38.3 Å². The second-order valence-corrected chi connectivity index (χ2v) is 6.23. The molecule has 2 aromatic rings. The number of aromatic nitrogens is 1. The zero-order valence-corrected chi connectivity index (χ0v) is 14.6. The van der Waals surface area contributed by atoms with Crippen LogP contribution in [-0.4, -0.2) is 34.5 Å². The van der Waals surface area contributed by atoms with E-state index in [0.29, 0.717) is 19.5 Å². The van der Waals surface area contributed by atoms with Crippen LogP contribution in [0.2, 0.25) is 0 Å². The number of nitrogens with zero attached hydrogens (tertiary/aromatic N) is 2. The van der Waals surface area contributed by atoms with Crippen LogP contribution in [0.4, 0.5) is 0 Å². The molecule has 1 atom stereocenters. The van der Waals surface area contributed by atoms with Gasteiger partial charge in [0.15, 0.2) is 5.76 Å². The summed E-state index contributed by atoms with van der Waals surface area (Å²) in [6.07, 6.45) is 4.65. The van der Waals surface area contributed by atoms with Crippen molar-refractivity contribution in [3.8, 4) is 0 Å². The van der Waals surface area contributed by atoms with Gasteiger partial charge in [-0.3, -0.25) is 9.59 Å². The maximum absolute atomic E-state index is 12.7. The number of carbonyl (C=O) groups excluding carboxylic acids is 2. The minimum Gasteiger partial charge on any atom is -0.459 e. The van der Waals surface area contributed by atoms with Crippen molar-refractivity contribution in [3.05, 3.63) is 41.2 Å². The van der Waals surface area contributed by atoms with Crippen molar-refractivity contribution >= 4 is 11.8 Å². The summed E-state index contributed by atoms with van der Waals surface area (Å²) in [5, 5.41) is 6.89. The number of likely N-dealkylation sites (tertiary alicyclic amines) is 1. The van der Waals surface area contributed by atoms with Crippen molar-refractivity contribution in [2.45, 2.75) is 52.1 Å². The zero-order chi connectivity index (χ0) is 17.8. The van der Waals surface area contributed by atoms with Crippen LogP contribution in [0.3, 0.4) is 0 Å². The van der Waals surface area contributed by atoms with Crippen molar-refractivity contribution in [2.24, 2.45) is 0 Å². The lowest BCUT2D eigenvalue weighted by atomic mass is 10.0. The average Bonchev–Trinajstić information content (AvgIpc) is 3.29. The first-order valence-corrected chi connectivity index (χ1v) is 8.68. The normalized spacial score (nSPS) is 17.5. The van der Waals surface area contributed by atoms with E-state index in [0.717, 1.165) is 36.3 Å². The second-order valence-electron chi connectivity index (χ2n) is 6.23. The van der Waals surface area contributed by atoms with Crippen LogP contribution in [0.5, 0.6) is 0 Å². The molecule has 2 amide bonds. The van der Waals surface area contributed by atoms with Gasteiger partial charge in [-0.15, -0.1) is 0 Å². The smallest absolute Gasteiger partial charge is 0.290 e. The minimum atomic E-state index is -0.475. The van der Waals surface area contributed by atoms with Crippen LogP contribution in [0.25, 0.3) is 0 Å². The molecule has 7 heteroatoms. The van der Waals surface area contributed by atoms with E-state index in [-0.39, 0.29) is 17.6 Å². The highest BCUT2D eigenvalue weighted by Gasteiger charge is 2.33. The quantitative estimate of drug-likeness (QED) is 0.899. The SMILES string of the molecule is CCc1onc(C)c1CNC(=O)C1CCCCN1C(=O)c1ccco1. The number of piperidine rings is 1. The lowest BCUT2D eigenvalue weighted by Gasteiger charge is -2.34. The van der Waals surface area contributed by atoms with E-state index >= 15 is 0 Å². The van der Waals surface area contributed by atoms with Crippen LogP contribution in [0.15, 0.2) is 27.3 Å². The number of carbonyl (C=O) groups is 2. The predicted molar refractivity (Wildman–Crippen MR) is 89.8 cm³/mol. The second kappa shape index (κ2) is 7.55. The van der Waals surface area contributed by atoms with Crippen molar-refractivity contribution in [3.63, 3.8) is 0 Å². The van der Waals surface area contributed by atoms with Gasteiger partial charge in [-0.25, -0.2) is 0 Å². The van der Waals surface area contributed by atoms with E-state index in [9.17, 15) is 9.59 Å². The molecule has 0 bridgehead atoms. The third kappa shape index (κ3) is 3.60. The molecule has 1 unspecified atom stereocenters. The summed E-state index contributed by atoms with van der Waals surface area (Å²) in [6.45, 7) is 4.76. The maximum Gasteiger partial charge on any atom is 0.290 e. The largest absolute Gasteiger partial charge is 0.459 e. The zero-order valence-electron chi connectivity index (χ0n) is 14.6. The predicted octanol–water partition coefficient (Wildman–Crippen LogP) is 2.45. The number of furan rings is 1. The highest BCUT2D eigenvalue weighted by atomic mass is 16.5. The van der Waals surface area contributed by atoms with Gasteiger partial charge in [-0.2, -0.15) is 0 Å². The van der Waals surface area contributed by atoms with Crippen LogP contribution in [0.1, 0.15) is 53.8 Å². The summed E-state index contributed by atoms with van der Waals surface area (Å²) in [5.74, 6) is 0.662. The van der Waals surface area contributed by atoms with Crippen LogP contribution in [-0.2, 0) is 17.8 Å². The number of nitrogens with one attached hydrogen (secondary N) is 1. The molecule has 0 aliphatic carbocycles. The summed E-state index contributed by atoms with van der Waals surface area (Å²) < 4.78 is 10.5. The molecule has 134 valence electrons. The summed E-state index contributed by atoms with van der Waals surface area (Å²) >= 11 is 0. The highest BCUT2D eigenvalue weighted by Crippen LogP contribution is 2.21. The fraction of sp³-hybridized carbons (Fsp3) is 0.500. The lowest BCUT2D eigenvalue weighted by molar-refractivity contribution is -0.126. The van der Waals surface area contributed by atoms with Crippen molar-refractivity contribution in [1.29, 1.82) is 0 Å².